The average Bonchev–Trinajstić information content (AvgIpc) is 3.25. The molecular weight excluding hydrogens is 392 g/mol. The first-order chi connectivity index (χ1) is 13.3. The van der Waals surface area contributed by atoms with Gasteiger partial charge in [-0.05, 0) is 13.0 Å². The molecule has 146 valence electrons. The monoisotopic (exact) mass is 406 g/mol. The van der Waals surface area contributed by atoms with Crippen molar-refractivity contribution in [2.45, 2.75) is 31.5 Å². The second-order valence-electron chi connectivity index (χ2n) is 6.52. The molecule has 0 radical (unpaired) electrons. The molecule has 1 aromatic heterocycles. The summed E-state index contributed by atoms with van der Waals surface area (Å²) >= 11 is 6.46. The number of Topliss-reactive ketones (excluding diaryl/α,β-unsaturated/α-hetero) is 1. The standard InChI is InChI=1S/C18H15ClN2O7/c1-7(22)16-20-21-17(27-16)9-6-10(26-2)12-14(13(9)19)28-18(15(12)25)4-3-8(23)5-11(18)24/h5-7,22,24H,3-4H2,1-2H3/t7?,18-/m0/s1. The Morgan fingerprint density at radius 2 is 2.11 bits per heavy atom. The number of ketones is 2. The molecule has 2 aliphatic rings. The fraction of sp³-hybridized carbons (Fsp3) is 0.333. The summed E-state index contributed by atoms with van der Waals surface area (Å²) in [5.41, 5.74) is -1.43. The van der Waals surface area contributed by atoms with E-state index in [1.165, 1.54) is 20.1 Å². The van der Waals surface area contributed by atoms with E-state index in [0.717, 1.165) is 6.08 Å². The third kappa shape index (κ3) is 2.50. The van der Waals surface area contributed by atoms with Crippen LogP contribution < -0.4 is 9.47 Å². The summed E-state index contributed by atoms with van der Waals surface area (Å²) in [5.74, 6) is -1.21. The summed E-state index contributed by atoms with van der Waals surface area (Å²) in [4.78, 5) is 24.7. The molecule has 2 N–H and O–H groups in total. The molecule has 2 aromatic rings. The molecule has 28 heavy (non-hydrogen) atoms. The van der Waals surface area contributed by atoms with Gasteiger partial charge in [-0.3, -0.25) is 9.59 Å². The van der Waals surface area contributed by atoms with Gasteiger partial charge in [0.2, 0.25) is 23.2 Å². The van der Waals surface area contributed by atoms with E-state index in [0.29, 0.717) is 0 Å². The fourth-order valence-corrected chi connectivity index (χ4v) is 3.54. The Balaban J connectivity index is 1.88. The Kier molecular flexibility index (Phi) is 4.16. The van der Waals surface area contributed by atoms with E-state index < -0.39 is 23.2 Å². The first kappa shape index (κ1) is 18.5. The summed E-state index contributed by atoms with van der Waals surface area (Å²) in [6.07, 6.45) is 0.0298. The van der Waals surface area contributed by atoms with Gasteiger partial charge in [0, 0.05) is 18.9 Å². The predicted octanol–water partition coefficient (Wildman–Crippen LogP) is 2.57. The lowest BCUT2D eigenvalue weighted by molar-refractivity contribution is -0.116. The number of carbonyl (C=O) groups is 2. The van der Waals surface area contributed by atoms with Crippen LogP contribution in [0.4, 0.5) is 0 Å². The highest BCUT2D eigenvalue weighted by Gasteiger charge is 2.55. The topological polar surface area (TPSA) is 132 Å². The minimum absolute atomic E-state index is 0.00224. The number of allylic oxidation sites excluding steroid dienone is 1. The smallest absolute Gasteiger partial charge is 0.249 e. The molecule has 2 atom stereocenters. The number of benzene rings is 1. The molecule has 0 fully saturated rings. The zero-order valence-electron chi connectivity index (χ0n) is 14.9. The molecular formula is C18H15ClN2O7. The van der Waals surface area contributed by atoms with Crippen molar-refractivity contribution in [2.24, 2.45) is 0 Å². The van der Waals surface area contributed by atoms with Crippen LogP contribution in [0, 0.1) is 0 Å². The number of nitrogens with zero attached hydrogens (tertiary/aromatic N) is 2. The maximum atomic E-state index is 13.1. The van der Waals surface area contributed by atoms with E-state index in [-0.39, 0.29) is 58.1 Å². The summed E-state index contributed by atoms with van der Waals surface area (Å²) in [6.45, 7) is 1.47. The number of carbonyl (C=O) groups excluding carboxylic acids is 2. The highest BCUT2D eigenvalue weighted by Crippen LogP contribution is 2.52. The highest BCUT2D eigenvalue weighted by molar-refractivity contribution is 6.36. The molecule has 0 saturated heterocycles. The molecule has 1 aromatic carbocycles. The second-order valence-corrected chi connectivity index (χ2v) is 6.90. The van der Waals surface area contributed by atoms with E-state index >= 15 is 0 Å². The molecule has 9 nitrogen and oxygen atoms in total. The molecule has 1 aliphatic heterocycles. The van der Waals surface area contributed by atoms with Crippen LogP contribution in [0.5, 0.6) is 11.5 Å². The fourth-order valence-electron chi connectivity index (χ4n) is 3.27. The Morgan fingerprint density at radius 1 is 1.36 bits per heavy atom. The first-order valence-electron chi connectivity index (χ1n) is 8.38. The van der Waals surface area contributed by atoms with Crippen molar-refractivity contribution in [3.05, 3.63) is 34.4 Å². The van der Waals surface area contributed by atoms with Gasteiger partial charge in [0.15, 0.2) is 11.5 Å². The third-order valence-electron chi connectivity index (χ3n) is 4.74. The number of hydrogen-bond acceptors (Lipinski definition) is 9. The normalized spacial score (nSPS) is 22.1. The lowest BCUT2D eigenvalue weighted by Gasteiger charge is -2.28. The number of aliphatic hydroxyl groups excluding tert-OH is 2. The summed E-state index contributed by atoms with van der Waals surface area (Å²) in [7, 11) is 1.36. The van der Waals surface area contributed by atoms with Crippen LogP contribution in [0.25, 0.3) is 11.5 Å². The number of hydrogen-bond donors (Lipinski definition) is 2. The van der Waals surface area contributed by atoms with Crippen LogP contribution in [0.3, 0.4) is 0 Å². The largest absolute Gasteiger partial charge is 0.507 e. The van der Waals surface area contributed by atoms with Crippen molar-refractivity contribution in [3.8, 4) is 23.0 Å². The van der Waals surface area contributed by atoms with Crippen molar-refractivity contribution in [1.29, 1.82) is 0 Å². The number of aromatic nitrogens is 2. The Hall–Kier alpha value is -2.91. The van der Waals surface area contributed by atoms with Crippen LogP contribution in [0.2, 0.25) is 5.02 Å². The van der Waals surface area contributed by atoms with Crippen LogP contribution in [-0.2, 0) is 4.79 Å². The lowest BCUT2D eigenvalue weighted by Crippen LogP contribution is -2.45. The average molecular weight is 407 g/mol. The van der Waals surface area contributed by atoms with Gasteiger partial charge in [0.05, 0.1) is 17.7 Å². The number of halogens is 1. The first-order valence-corrected chi connectivity index (χ1v) is 8.76. The van der Waals surface area contributed by atoms with Gasteiger partial charge in [0.25, 0.3) is 0 Å². The van der Waals surface area contributed by atoms with E-state index in [1.54, 1.807) is 0 Å². The van der Waals surface area contributed by atoms with Crippen molar-refractivity contribution < 1.29 is 33.7 Å². The zero-order chi connectivity index (χ0) is 20.2. The van der Waals surface area contributed by atoms with Crippen LogP contribution in [0.1, 0.15) is 42.1 Å². The highest BCUT2D eigenvalue weighted by atomic mass is 35.5. The molecule has 4 rings (SSSR count). The van der Waals surface area contributed by atoms with E-state index in [4.69, 9.17) is 25.5 Å². The molecule has 1 unspecified atom stereocenters. The van der Waals surface area contributed by atoms with Crippen molar-refractivity contribution in [1.82, 2.24) is 10.2 Å². The lowest BCUT2D eigenvalue weighted by atomic mass is 9.83. The van der Waals surface area contributed by atoms with E-state index in [9.17, 15) is 19.8 Å². The predicted molar refractivity (Wildman–Crippen MR) is 94.6 cm³/mol. The SMILES string of the molecule is COc1cc(-c2nnc(C(C)O)o2)c(Cl)c2c1C(=O)[C@@]1(CCC(=O)C=C1O)O2. The quantitative estimate of drug-likeness (QED) is 0.788. The van der Waals surface area contributed by atoms with Gasteiger partial charge < -0.3 is 24.1 Å². The number of aliphatic hydroxyl groups is 2. The minimum Gasteiger partial charge on any atom is -0.507 e. The van der Waals surface area contributed by atoms with Gasteiger partial charge in [-0.15, -0.1) is 10.2 Å². The molecule has 1 spiro atoms. The minimum atomic E-state index is -1.72. The molecule has 0 bridgehead atoms. The summed E-state index contributed by atoms with van der Waals surface area (Å²) in [5, 5.41) is 27.5. The maximum absolute atomic E-state index is 13.1. The molecule has 1 aliphatic carbocycles. The van der Waals surface area contributed by atoms with Crippen LogP contribution >= 0.6 is 11.6 Å². The number of ether oxygens (including phenoxy) is 2. The maximum Gasteiger partial charge on any atom is 0.249 e. The molecule has 0 saturated carbocycles. The van der Waals surface area contributed by atoms with Crippen LogP contribution in [-0.4, -0.2) is 44.7 Å². The Bertz CT molecular complexity index is 1040. The van der Waals surface area contributed by atoms with Gasteiger partial charge in [-0.25, -0.2) is 0 Å². The number of fused-ring (bicyclic) bond motifs is 1. The third-order valence-corrected chi connectivity index (χ3v) is 5.11. The number of methoxy groups -OCH3 is 1. The second kappa shape index (κ2) is 6.32. The molecule has 0 amide bonds. The zero-order valence-corrected chi connectivity index (χ0v) is 15.6. The molecule has 10 heteroatoms. The van der Waals surface area contributed by atoms with Gasteiger partial charge in [-0.1, -0.05) is 11.6 Å². The Labute approximate surface area is 163 Å². The van der Waals surface area contributed by atoms with Crippen molar-refractivity contribution in [3.63, 3.8) is 0 Å². The summed E-state index contributed by atoms with van der Waals surface area (Å²) < 4.78 is 16.6. The van der Waals surface area contributed by atoms with E-state index in [2.05, 4.69) is 10.2 Å². The van der Waals surface area contributed by atoms with Gasteiger partial charge in [-0.2, -0.15) is 0 Å². The Morgan fingerprint density at radius 3 is 2.71 bits per heavy atom. The van der Waals surface area contributed by atoms with E-state index in [1.807, 2.05) is 0 Å². The van der Waals surface area contributed by atoms with Crippen molar-refractivity contribution >= 4 is 23.2 Å². The van der Waals surface area contributed by atoms with Crippen LogP contribution in [0.15, 0.2) is 22.3 Å². The van der Waals surface area contributed by atoms with Gasteiger partial charge >= 0.3 is 0 Å². The molecule has 2 heterocycles. The number of rotatable bonds is 3. The van der Waals surface area contributed by atoms with Gasteiger partial charge in [0.1, 0.15) is 23.2 Å². The van der Waals surface area contributed by atoms with Crippen molar-refractivity contribution in [2.75, 3.05) is 7.11 Å². The summed E-state index contributed by atoms with van der Waals surface area (Å²) in [6, 6.07) is 1.44.